The molecule has 3 aromatic rings. The van der Waals surface area contributed by atoms with Crippen molar-refractivity contribution in [3.63, 3.8) is 0 Å². The Kier molecular flexibility index (Phi) is 7.25. The zero-order valence-electron chi connectivity index (χ0n) is 15.5. The summed E-state index contributed by atoms with van der Waals surface area (Å²) in [6, 6.07) is 16.9. The molecule has 0 saturated carbocycles. The smallest absolute Gasteiger partial charge is 0.258 e. The van der Waals surface area contributed by atoms with Gasteiger partial charge in [0.25, 0.3) is 5.91 Å². The van der Waals surface area contributed by atoms with E-state index in [9.17, 15) is 17.6 Å². The molecule has 0 heterocycles. The van der Waals surface area contributed by atoms with Crippen LogP contribution in [0.3, 0.4) is 0 Å². The molecular weight excluding hydrogens is 495 g/mol. The molecule has 0 aliphatic carbocycles. The number of nitrogens with one attached hydrogen (secondary N) is 2. The first-order chi connectivity index (χ1) is 14.2. The summed E-state index contributed by atoms with van der Waals surface area (Å²) >= 11 is 9.12. The van der Waals surface area contributed by atoms with Gasteiger partial charge in [0.15, 0.2) is 0 Å². The molecule has 30 heavy (non-hydrogen) atoms. The van der Waals surface area contributed by atoms with Crippen LogP contribution in [0.15, 0.2) is 76.1 Å². The van der Waals surface area contributed by atoms with Gasteiger partial charge in [0.2, 0.25) is 10.0 Å². The average Bonchev–Trinajstić information content (AvgIpc) is 2.71. The molecule has 1 amide bonds. The van der Waals surface area contributed by atoms with E-state index in [0.29, 0.717) is 17.1 Å². The van der Waals surface area contributed by atoms with Gasteiger partial charge in [-0.2, -0.15) is 0 Å². The summed E-state index contributed by atoms with van der Waals surface area (Å²) < 4.78 is 42.6. The average molecular weight is 512 g/mol. The zero-order valence-corrected chi connectivity index (χ0v) is 18.7. The monoisotopic (exact) mass is 510 g/mol. The van der Waals surface area contributed by atoms with Crippen molar-refractivity contribution in [2.45, 2.75) is 11.3 Å². The number of carbonyl (C=O) groups excluding carboxylic acids is 1. The van der Waals surface area contributed by atoms with E-state index in [1.807, 2.05) is 0 Å². The van der Waals surface area contributed by atoms with Crippen molar-refractivity contribution in [1.82, 2.24) is 4.72 Å². The lowest BCUT2D eigenvalue weighted by Crippen LogP contribution is -2.26. The van der Waals surface area contributed by atoms with E-state index in [1.165, 1.54) is 0 Å². The molecule has 3 rings (SSSR count). The maximum absolute atomic E-state index is 14.2. The Labute approximate surface area is 187 Å². The second kappa shape index (κ2) is 9.70. The highest BCUT2D eigenvalue weighted by atomic mass is 79.9. The van der Waals surface area contributed by atoms with Crippen LogP contribution in [0.1, 0.15) is 15.9 Å². The molecule has 0 spiro atoms. The number of rotatable bonds is 7. The minimum absolute atomic E-state index is 0.141. The summed E-state index contributed by atoms with van der Waals surface area (Å²) in [6.07, 6.45) is 0.453. The largest absolute Gasteiger partial charge is 0.322 e. The van der Waals surface area contributed by atoms with Crippen molar-refractivity contribution >= 4 is 49.1 Å². The predicted octanol–water partition coefficient (Wildman–Crippen LogP) is 5.01. The summed E-state index contributed by atoms with van der Waals surface area (Å²) in [5, 5.41) is 3.15. The normalized spacial score (nSPS) is 11.3. The van der Waals surface area contributed by atoms with Crippen molar-refractivity contribution in [3.05, 3.63) is 93.2 Å². The third-order valence-electron chi connectivity index (χ3n) is 4.21. The lowest BCUT2D eigenvalue weighted by atomic mass is 10.2. The summed E-state index contributed by atoms with van der Waals surface area (Å²) in [5.41, 5.74) is 1.01. The molecule has 0 unspecified atom stereocenters. The Hall–Kier alpha value is -2.26. The van der Waals surface area contributed by atoms with E-state index in [1.54, 1.807) is 48.5 Å². The van der Waals surface area contributed by atoms with E-state index < -0.39 is 21.7 Å². The maximum atomic E-state index is 14.2. The van der Waals surface area contributed by atoms with Crippen LogP contribution in [0.4, 0.5) is 10.1 Å². The van der Waals surface area contributed by atoms with Crippen molar-refractivity contribution in [2.24, 2.45) is 0 Å². The highest BCUT2D eigenvalue weighted by Crippen LogP contribution is 2.19. The van der Waals surface area contributed by atoms with Crippen molar-refractivity contribution in [3.8, 4) is 0 Å². The highest BCUT2D eigenvalue weighted by molar-refractivity contribution is 9.10. The minimum Gasteiger partial charge on any atom is -0.322 e. The Morgan fingerprint density at radius 2 is 1.67 bits per heavy atom. The van der Waals surface area contributed by atoms with E-state index in [2.05, 4.69) is 26.0 Å². The van der Waals surface area contributed by atoms with Gasteiger partial charge in [-0.05, 0) is 66.6 Å². The van der Waals surface area contributed by atoms with Gasteiger partial charge < -0.3 is 5.32 Å². The SMILES string of the molecule is O=C(Nc1ccc(Br)cc1)c1cc(S(=O)(=O)NCCc2ccc(Cl)cc2)ccc1F. The molecule has 2 N–H and O–H groups in total. The first kappa shape index (κ1) is 22.4. The standard InChI is InChI=1S/C21H17BrClFN2O3S/c22-15-3-7-17(8-4-15)26-21(27)19-13-18(9-10-20(19)24)30(28,29)25-12-11-14-1-5-16(23)6-2-14/h1-10,13,25H,11-12H2,(H,26,27). The van der Waals surface area contributed by atoms with E-state index in [0.717, 1.165) is 28.2 Å². The van der Waals surface area contributed by atoms with Crippen molar-refractivity contribution in [1.29, 1.82) is 0 Å². The molecule has 9 heteroatoms. The number of halogens is 3. The summed E-state index contributed by atoms with van der Waals surface area (Å²) in [5.74, 6) is -1.56. The first-order valence-corrected chi connectivity index (χ1v) is 11.5. The molecule has 3 aromatic carbocycles. The van der Waals surface area contributed by atoms with Gasteiger partial charge >= 0.3 is 0 Å². The molecule has 0 fully saturated rings. The number of carbonyl (C=O) groups is 1. The second-order valence-corrected chi connectivity index (χ2v) is 9.50. The Morgan fingerprint density at radius 3 is 2.33 bits per heavy atom. The number of benzene rings is 3. The number of hydrogen-bond donors (Lipinski definition) is 2. The quantitative estimate of drug-likeness (QED) is 0.468. The number of sulfonamides is 1. The van der Waals surface area contributed by atoms with Crippen LogP contribution in [0.25, 0.3) is 0 Å². The van der Waals surface area contributed by atoms with E-state index in [-0.39, 0.29) is 17.0 Å². The Morgan fingerprint density at radius 1 is 1.00 bits per heavy atom. The predicted molar refractivity (Wildman–Crippen MR) is 119 cm³/mol. The number of amides is 1. The molecule has 0 bridgehead atoms. The van der Waals surface area contributed by atoms with Gasteiger partial charge in [-0.15, -0.1) is 0 Å². The fraction of sp³-hybridized carbons (Fsp3) is 0.0952. The molecule has 0 atom stereocenters. The maximum Gasteiger partial charge on any atom is 0.258 e. The number of hydrogen-bond acceptors (Lipinski definition) is 3. The molecule has 156 valence electrons. The molecule has 0 saturated heterocycles. The summed E-state index contributed by atoms with van der Waals surface area (Å²) in [6.45, 7) is 0.141. The minimum atomic E-state index is -3.92. The molecule has 0 aliphatic heterocycles. The summed E-state index contributed by atoms with van der Waals surface area (Å²) in [7, 11) is -3.92. The summed E-state index contributed by atoms with van der Waals surface area (Å²) in [4.78, 5) is 12.2. The van der Waals surface area contributed by atoms with Gasteiger partial charge in [0, 0.05) is 21.7 Å². The Bertz CT molecular complexity index is 1150. The zero-order chi connectivity index (χ0) is 21.7. The topological polar surface area (TPSA) is 75.3 Å². The first-order valence-electron chi connectivity index (χ1n) is 8.85. The third kappa shape index (κ3) is 5.89. The van der Waals surface area contributed by atoms with Crippen LogP contribution in [0.5, 0.6) is 0 Å². The fourth-order valence-electron chi connectivity index (χ4n) is 2.64. The van der Waals surface area contributed by atoms with Crippen LogP contribution in [-0.4, -0.2) is 20.9 Å². The second-order valence-electron chi connectivity index (χ2n) is 6.38. The molecule has 0 aliphatic rings. The van der Waals surface area contributed by atoms with Crippen molar-refractivity contribution < 1.29 is 17.6 Å². The lowest BCUT2D eigenvalue weighted by Gasteiger charge is -2.10. The van der Waals surface area contributed by atoms with Gasteiger partial charge in [-0.1, -0.05) is 39.7 Å². The van der Waals surface area contributed by atoms with E-state index in [4.69, 9.17) is 11.6 Å². The molecule has 0 aromatic heterocycles. The third-order valence-corrected chi connectivity index (χ3v) is 6.45. The molecule has 5 nitrogen and oxygen atoms in total. The number of anilines is 1. The van der Waals surface area contributed by atoms with Crippen LogP contribution < -0.4 is 10.0 Å². The van der Waals surface area contributed by atoms with Gasteiger partial charge in [0.1, 0.15) is 5.82 Å². The molecule has 0 radical (unpaired) electrons. The lowest BCUT2D eigenvalue weighted by molar-refractivity contribution is 0.102. The van der Waals surface area contributed by atoms with Crippen LogP contribution >= 0.6 is 27.5 Å². The van der Waals surface area contributed by atoms with Gasteiger partial charge in [0.05, 0.1) is 10.5 Å². The highest BCUT2D eigenvalue weighted by Gasteiger charge is 2.19. The van der Waals surface area contributed by atoms with Crippen LogP contribution in [0, 0.1) is 5.82 Å². The van der Waals surface area contributed by atoms with Gasteiger partial charge in [-0.25, -0.2) is 17.5 Å². The fourth-order valence-corrected chi connectivity index (χ4v) is 4.09. The van der Waals surface area contributed by atoms with E-state index >= 15 is 0 Å². The van der Waals surface area contributed by atoms with Gasteiger partial charge in [-0.3, -0.25) is 4.79 Å². The van der Waals surface area contributed by atoms with Crippen molar-refractivity contribution in [2.75, 3.05) is 11.9 Å². The molecular formula is C21H17BrClFN2O3S. The van der Waals surface area contributed by atoms with Crippen LogP contribution in [-0.2, 0) is 16.4 Å². The van der Waals surface area contributed by atoms with Crippen LogP contribution in [0.2, 0.25) is 5.02 Å². The Balaban J connectivity index is 1.71.